The first-order chi connectivity index (χ1) is 9.72. The summed E-state index contributed by atoms with van der Waals surface area (Å²) in [5.41, 5.74) is 6.89. The number of nitrogens with zero attached hydrogens (tertiary/aromatic N) is 2. The minimum Gasteiger partial charge on any atom is -0.497 e. The second-order valence-electron chi connectivity index (χ2n) is 5.28. The van der Waals surface area contributed by atoms with Crippen LogP contribution in [0.3, 0.4) is 0 Å². The lowest BCUT2D eigenvalue weighted by Gasteiger charge is -2.28. The average molecular weight is 277 g/mol. The average Bonchev–Trinajstić information content (AvgIpc) is 3.01. The molecule has 1 aliphatic carbocycles. The van der Waals surface area contributed by atoms with Crippen LogP contribution in [0.1, 0.15) is 31.2 Å². The highest BCUT2D eigenvalue weighted by atomic mass is 16.5. The molecule has 0 amide bonds. The van der Waals surface area contributed by atoms with Crippen LogP contribution in [0.15, 0.2) is 29.4 Å². The summed E-state index contributed by atoms with van der Waals surface area (Å²) in [5, 5.41) is 11.9. The standard InChI is InChI=1S/C15H23N3O2/c1-20-14-8-6-12(7-9-14)10-18(11-15(16)17-19)13-4-2-3-5-13/h6-9,13,19H,2-5,10-11H2,1H3,(H2,16,17). The molecular formula is C15H23N3O2. The van der Waals surface area contributed by atoms with Crippen LogP contribution in [0.2, 0.25) is 0 Å². The fraction of sp³-hybridized carbons (Fsp3) is 0.533. The third kappa shape index (κ3) is 3.87. The predicted molar refractivity (Wildman–Crippen MR) is 79.1 cm³/mol. The Balaban J connectivity index is 2.05. The number of rotatable bonds is 6. The van der Waals surface area contributed by atoms with Crippen molar-refractivity contribution in [3.63, 3.8) is 0 Å². The summed E-state index contributed by atoms with van der Waals surface area (Å²) >= 11 is 0. The lowest BCUT2D eigenvalue weighted by Crippen LogP contribution is -2.39. The van der Waals surface area contributed by atoms with E-state index in [1.165, 1.54) is 31.2 Å². The van der Waals surface area contributed by atoms with E-state index in [-0.39, 0.29) is 5.84 Å². The van der Waals surface area contributed by atoms with Crippen molar-refractivity contribution in [2.24, 2.45) is 10.9 Å². The van der Waals surface area contributed by atoms with Crippen LogP contribution in [-0.4, -0.2) is 35.6 Å². The third-order valence-electron chi connectivity index (χ3n) is 3.88. The first kappa shape index (κ1) is 14.7. The molecular weight excluding hydrogens is 254 g/mol. The van der Waals surface area contributed by atoms with Crippen molar-refractivity contribution in [2.45, 2.75) is 38.3 Å². The Bertz CT molecular complexity index is 439. The Morgan fingerprint density at radius 2 is 2.00 bits per heavy atom. The number of ether oxygens (including phenoxy) is 1. The molecule has 5 heteroatoms. The van der Waals surface area contributed by atoms with E-state index in [1.54, 1.807) is 7.11 Å². The number of nitrogens with two attached hydrogens (primary N) is 1. The Hall–Kier alpha value is -1.75. The normalized spacial score (nSPS) is 16.8. The highest BCUT2D eigenvalue weighted by molar-refractivity contribution is 5.81. The first-order valence-electron chi connectivity index (χ1n) is 7.06. The fourth-order valence-corrected chi connectivity index (χ4v) is 2.79. The summed E-state index contributed by atoms with van der Waals surface area (Å²) in [4.78, 5) is 2.30. The molecule has 2 rings (SSSR count). The van der Waals surface area contributed by atoms with E-state index in [0.29, 0.717) is 12.6 Å². The molecule has 1 saturated carbocycles. The van der Waals surface area contributed by atoms with Gasteiger partial charge >= 0.3 is 0 Å². The van der Waals surface area contributed by atoms with Crippen molar-refractivity contribution in [3.8, 4) is 5.75 Å². The first-order valence-corrected chi connectivity index (χ1v) is 7.06. The zero-order valence-corrected chi connectivity index (χ0v) is 12.0. The molecule has 1 aliphatic rings. The van der Waals surface area contributed by atoms with Gasteiger partial charge in [0.15, 0.2) is 5.84 Å². The molecule has 0 bridgehead atoms. The van der Waals surface area contributed by atoms with Crippen LogP contribution < -0.4 is 10.5 Å². The number of methoxy groups -OCH3 is 1. The molecule has 0 aliphatic heterocycles. The second-order valence-corrected chi connectivity index (χ2v) is 5.28. The number of amidine groups is 1. The minimum absolute atomic E-state index is 0.269. The summed E-state index contributed by atoms with van der Waals surface area (Å²) in [7, 11) is 1.66. The molecule has 110 valence electrons. The maximum Gasteiger partial charge on any atom is 0.153 e. The summed E-state index contributed by atoms with van der Waals surface area (Å²) < 4.78 is 5.17. The molecule has 0 atom stereocenters. The van der Waals surface area contributed by atoms with Crippen molar-refractivity contribution in [3.05, 3.63) is 29.8 Å². The van der Waals surface area contributed by atoms with E-state index in [2.05, 4.69) is 22.2 Å². The van der Waals surface area contributed by atoms with Crippen LogP contribution in [0.5, 0.6) is 5.75 Å². The molecule has 0 heterocycles. The van der Waals surface area contributed by atoms with Gasteiger partial charge < -0.3 is 15.7 Å². The lowest BCUT2D eigenvalue weighted by molar-refractivity contribution is 0.214. The minimum atomic E-state index is 0.269. The third-order valence-corrected chi connectivity index (χ3v) is 3.88. The fourth-order valence-electron chi connectivity index (χ4n) is 2.79. The van der Waals surface area contributed by atoms with Gasteiger partial charge in [0, 0.05) is 12.6 Å². The predicted octanol–water partition coefficient (Wildman–Crippen LogP) is 2.19. The topological polar surface area (TPSA) is 71.1 Å². The SMILES string of the molecule is COc1ccc(CN(CC(N)=NO)C2CCCC2)cc1. The quantitative estimate of drug-likeness (QED) is 0.362. The highest BCUT2D eigenvalue weighted by Gasteiger charge is 2.23. The largest absolute Gasteiger partial charge is 0.497 e. The van der Waals surface area contributed by atoms with Crippen LogP contribution >= 0.6 is 0 Å². The van der Waals surface area contributed by atoms with Crippen molar-refractivity contribution in [1.82, 2.24) is 4.90 Å². The molecule has 0 spiro atoms. The molecule has 0 aromatic heterocycles. The lowest BCUT2D eigenvalue weighted by atomic mass is 10.1. The molecule has 0 radical (unpaired) electrons. The van der Waals surface area contributed by atoms with Gasteiger partial charge in [0.1, 0.15) is 5.75 Å². The molecule has 5 nitrogen and oxygen atoms in total. The zero-order valence-electron chi connectivity index (χ0n) is 12.0. The Morgan fingerprint density at radius 1 is 1.35 bits per heavy atom. The molecule has 0 saturated heterocycles. The Labute approximate surface area is 120 Å². The van der Waals surface area contributed by atoms with E-state index in [0.717, 1.165) is 12.3 Å². The zero-order chi connectivity index (χ0) is 14.4. The number of oxime groups is 1. The van der Waals surface area contributed by atoms with Gasteiger partial charge in [-0.15, -0.1) is 0 Å². The molecule has 3 N–H and O–H groups in total. The monoisotopic (exact) mass is 277 g/mol. The molecule has 1 aromatic rings. The van der Waals surface area contributed by atoms with Crippen molar-refractivity contribution < 1.29 is 9.94 Å². The van der Waals surface area contributed by atoms with Crippen molar-refractivity contribution in [2.75, 3.05) is 13.7 Å². The highest BCUT2D eigenvalue weighted by Crippen LogP contribution is 2.25. The smallest absolute Gasteiger partial charge is 0.153 e. The van der Waals surface area contributed by atoms with E-state index in [9.17, 15) is 0 Å². The Morgan fingerprint density at radius 3 is 2.55 bits per heavy atom. The van der Waals surface area contributed by atoms with Gasteiger partial charge in [-0.05, 0) is 30.5 Å². The number of benzene rings is 1. The van der Waals surface area contributed by atoms with Gasteiger partial charge in [0.05, 0.1) is 13.7 Å². The van der Waals surface area contributed by atoms with Crippen LogP contribution in [0, 0.1) is 0 Å². The van der Waals surface area contributed by atoms with Crippen LogP contribution in [-0.2, 0) is 6.54 Å². The maximum atomic E-state index is 8.78. The van der Waals surface area contributed by atoms with Gasteiger partial charge in [-0.1, -0.05) is 30.1 Å². The second kappa shape index (κ2) is 7.14. The van der Waals surface area contributed by atoms with Gasteiger partial charge in [-0.25, -0.2) is 0 Å². The van der Waals surface area contributed by atoms with Gasteiger partial charge in [-0.2, -0.15) is 0 Å². The van der Waals surface area contributed by atoms with Gasteiger partial charge in [-0.3, -0.25) is 4.90 Å². The summed E-state index contributed by atoms with van der Waals surface area (Å²) in [6, 6.07) is 8.58. The summed E-state index contributed by atoms with van der Waals surface area (Å²) in [6.45, 7) is 1.32. The van der Waals surface area contributed by atoms with Gasteiger partial charge in [0.25, 0.3) is 0 Å². The Kier molecular flexibility index (Phi) is 5.24. The maximum absolute atomic E-state index is 8.78. The van der Waals surface area contributed by atoms with Gasteiger partial charge in [0.2, 0.25) is 0 Å². The molecule has 0 unspecified atom stereocenters. The number of hydrogen-bond donors (Lipinski definition) is 2. The molecule has 1 fully saturated rings. The van der Waals surface area contributed by atoms with Crippen LogP contribution in [0.4, 0.5) is 0 Å². The molecule has 20 heavy (non-hydrogen) atoms. The van der Waals surface area contributed by atoms with Crippen molar-refractivity contribution >= 4 is 5.84 Å². The number of hydrogen-bond acceptors (Lipinski definition) is 4. The van der Waals surface area contributed by atoms with E-state index in [1.807, 2.05) is 12.1 Å². The summed E-state index contributed by atoms with van der Waals surface area (Å²) in [5.74, 6) is 1.13. The van der Waals surface area contributed by atoms with E-state index >= 15 is 0 Å². The van der Waals surface area contributed by atoms with E-state index in [4.69, 9.17) is 15.7 Å². The van der Waals surface area contributed by atoms with Crippen molar-refractivity contribution in [1.29, 1.82) is 0 Å². The summed E-state index contributed by atoms with van der Waals surface area (Å²) in [6.07, 6.45) is 4.91. The van der Waals surface area contributed by atoms with Crippen LogP contribution in [0.25, 0.3) is 0 Å². The molecule has 1 aromatic carbocycles. The van der Waals surface area contributed by atoms with E-state index < -0.39 is 0 Å².